The van der Waals surface area contributed by atoms with E-state index in [0.29, 0.717) is 13.1 Å². The minimum atomic E-state index is -0.558. The lowest BCUT2D eigenvalue weighted by Gasteiger charge is -2.32. The van der Waals surface area contributed by atoms with E-state index in [1.165, 1.54) is 16.8 Å². The lowest BCUT2D eigenvalue weighted by atomic mass is 9.98. The lowest BCUT2D eigenvalue weighted by molar-refractivity contribution is -0.133. The Labute approximate surface area is 143 Å². The second-order valence-electron chi connectivity index (χ2n) is 5.95. The maximum atomic E-state index is 12.5. The summed E-state index contributed by atoms with van der Waals surface area (Å²) in [6, 6.07) is 1.25. The van der Waals surface area contributed by atoms with E-state index in [9.17, 15) is 14.4 Å². The van der Waals surface area contributed by atoms with E-state index in [4.69, 9.17) is 0 Å². The Bertz CT molecular complexity index is 838. The summed E-state index contributed by atoms with van der Waals surface area (Å²) in [5.41, 5.74) is 0.0763. The largest absolute Gasteiger partial charge is 0.340 e. The Morgan fingerprint density at radius 2 is 2.29 bits per heavy atom. The van der Waals surface area contributed by atoms with Gasteiger partial charge in [0.2, 0.25) is 5.91 Å². The van der Waals surface area contributed by atoms with Gasteiger partial charge in [0.1, 0.15) is 6.54 Å². The fraction of sp³-hybridized carbons (Fsp3) is 0.500. The van der Waals surface area contributed by atoms with Crippen LogP contribution in [0.25, 0.3) is 0 Å². The fourth-order valence-corrected chi connectivity index (χ4v) is 3.92. The van der Waals surface area contributed by atoms with Crippen molar-refractivity contribution in [1.82, 2.24) is 19.4 Å². The molecule has 1 aliphatic heterocycles. The number of carbonyl (C=O) groups excluding carboxylic acids is 1. The van der Waals surface area contributed by atoms with Gasteiger partial charge in [0.05, 0.1) is 10.7 Å². The summed E-state index contributed by atoms with van der Waals surface area (Å²) in [5, 5.41) is 3.17. The van der Waals surface area contributed by atoms with Gasteiger partial charge in [0.15, 0.2) is 0 Å². The molecule has 0 bridgehead atoms. The molecule has 0 aromatic carbocycles. The Morgan fingerprint density at radius 1 is 1.46 bits per heavy atom. The molecule has 128 valence electrons. The van der Waals surface area contributed by atoms with Crippen LogP contribution in [0.3, 0.4) is 0 Å². The molecule has 1 aliphatic rings. The van der Waals surface area contributed by atoms with Gasteiger partial charge in [-0.25, -0.2) is 9.78 Å². The number of piperidine rings is 1. The number of H-pyrrole nitrogens is 1. The topological polar surface area (TPSA) is 88.1 Å². The average molecular weight is 348 g/mol. The summed E-state index contributed by atoms with van der Waals surface area (Å²) < 4.78 is 1.23. The standard InChI is InChI=1S/C16H20N4O3S/c1-2-12-10-24-15(17-12)11-4-3-6-19(8-11)14(22)9-20-7-5-13(21)18-16(20)23/h5,7,10-11H,2-4,6,8-9H2,1H3,(H,18,21,23)/t11-/m0/s1. The molecular formula is C16H20N4O3S. The molecule has 24 heavy (non-hydrogen) atoms. The highest BCUT2D eigenvalue weighted by Crippen LogP contribution is 2.29. The number of likely N-dealkylation sites (tertiary alicyclic amines) is 1. The van der Waals surface area contributed by atoms with Crippen molar-refractivity contribution < 1.29 is 4.79 Å². The predicted molar refractivity (Wildman–Crippen MR) is 91.4 cm³/mol. The number of nitrogens with zero attached hydrogens (tertiary/aromatic N) is 3. The summed E-state index contributed by atoms with van der Waals surface area (Å²) in [6.07, 6.45) is 4.23. The second-order valence-corrected chi connectivity index (χ2v) is 6.84. The number of thiazole rings is 1. The van der Waals surface area contributed by atoms with Crippen molar-refractivity contribution in [2.75, 3.05) is 13.1 Å². The van der Waals surface area contributed by atoms with Crippen LogP contribution in [0, 0.1) is 0 Å². The molecule has 1 saturated heterocycles. The summed E-state index contributed by atoms with van der Waals surface area (Å²) in [6.45, 7) is 3.35. The Balaban J connectivity index is 1.68. The van der Waals surface area contributed by atoms with Crippen LogP contribution in [0.15, 0.2) is 27.2 Å². The van der Waals surface area contributed by atoms with Crippen LogP contribution in [0.1, 0.15) is 36.4 Å². The van der Waals surface area contributed by atoms with E-state index < -0.39 is 11.2 Å². The molecule has 3 heterocycles. The molecular weight excluding hydrogens is 328 g/mol. The Hall–Kier alpha value is -2.22. The van der Waals surface area contributed by atoms with Crippen LogP contribution >= 0.6 is 11.3 Å². The van der Waals surface area contributed by atoms with E-state index >= 15 is 0 Å². The van der Waals surface area contributed by atoms with Crippen LogP contribution < -0.4 is 11.2 Å². The van der Waals surface area contributed by atoms with Crippen molar-refractivity contribution in [2.45, 2.75) is 38.6 Å². The van der Waals surface area contributed by atoms with E-state index in [0.717, 1.165) is 30.0 Å². The quantitative estimate of drug-likeness (QED) is 0.891. The van der Waals surface area contributed by atoms with E-state index in [1.54, 1.807) is 16.2 Å². The lowest BCUT2D eigenvalue weighted by Crippen LogP contribution is -2.42. The predicted octanol–water partition coefficient (Wildman–Crippen LogP) is 0.962. The van der Waals surface area contributed by atoms with Gasteiger partial charge in [-0.15, -0.1) is 11.3 Å². The van der Waals surface area contributed by atoms with Gasteiger partial charge in [-0.1, -0.05) is 6.92 Å². The van der Waals surface area contributed by atoms with Gasteiger partial charge >= 0.3 is 5.69 Å². The fourth-order valence-electron chi connectivity index (χ4n) is 2.89. The number of nitrogens with one attached hydrogen (secondary N) is 1. The van der Waals surface area contributed by atoms with Gasteiger partial charge in [0, 0.05) is 36.7 Å². The van der Waals surface area contributed by atoms with Crippen molar-refractivity contribution in [2.24, 2.45) is 0 Å². The zero-order valence-electron chi connectivity index (χ0n) is 13.5. The monoisotopic (exact) mass is 348 g/mol. The molecule has 0 saturated carbocycles. The summed E-state index contributed by atoms with van der Waals surface area (Å²) >= 11 is 1.66. The van der Waals surface area contributed by atoms with Crippen LogP contribution in [0.2, 0.25) is 0 Å². The molecule has 1 fully saturated rings. The number of amides is 1. The smallest absolute Gasteiger partial charge is 0.328 e. The van der Waals surface area contributed by atoms with Crippen LogP contribution in [0.4, 0.5) is 0 Å². The van der Waals surface area contributed by atoms with Gasteiger partial charge in [-0.2, -0.15) is 0 Å². The minimum Gasteiger partial charge on any atom is -0.340 e. The first kappa shape index (κ1) is 16.6. The van der Waals surface area contributed by atoms with Gasteiger partial charge in [-0.3, -0.25) is 19.1 Å². The van der Waals surface area contributed by atoms with E-state index in [-0.39, 0.29) is 18.4 Å². The zero-order chi connectivity index (χ0) is 17.1. The third-order valence-corrected chi connectivity index (χ3v) is 5.31. The van der Waals surface area contributed by atoms with Crippen molar-refractivity contribution in [3.63, 3.8) is 0 Å². The molecule has 2 aromatic heterocycles. The zero-order valence-corrected chi connectivity index (χ0v) is 14.3. The summed E-state index contributed by atoms with van der Waals surface area (Å²) in [4.78, 5) is 43.9. The van der Waals surface area contributed by atoms with Crippen LogP contribution in [-0.2, 0) is 17.8 Å². The van der Waals surface area contributed by atoms with E-state index in [2.05, 4.69) is 22.3 Å². The number of carbonyl (C=O) groups is 1. The van der Waals surface area contributed by atoms with Crippen molar-refractivity contribution in [3.05, 3.63) is 49.2 Å². The van der Waals surface area contributed by atoms with Crippen LogP contribution in [-0.4, -0.2) is 38.4 Å². The first-order valence-corrected chi connectivity index (χ1v) is 8.96. The van der Waals surface area contributed by atoms with Crippen molar-refractivity contribution in [3.8, 4) is 0 Å². The van der Waals surface area contributed by atoms with Crippen molar-refractivity contribution in [1.29, 1.82) is 0 Å². The SMILES string of the molecule is CCc1csc([C@H]2CCCN(C(=O)Cn3ccc(=O)[nH]c3=O)C2)n1. The molecule has 0 unspecified atom stereocenters. The van der Waals surface area contributed by atoms with Gasteiger partial charge < -0.3 is 4.90 Å². The summed E-state index contributed by atoms with van der Waals surface area (Å²) in [7, 11) is 0. The number of aryl methyl sites for hydroxylation is 1. The molecule has 7 nitrogen and oxygen atoms in total. The normalized spacial score (nSPS) is 17.9. The number of aromatic nitrogens is 3. The molecule has 2 aromatic rings. The maximum Gasteiger partial charge on any atom is 0.328 e. The van der Waals surface area contributed by atoms with E-state index in [1.807, 2.05) is 0 Å². The highest BCUT2D eigenvalue weighted by molar-refractivity contribution is 7.09. The first-order valence-electron chi connectivity index (χ1n) is 8.08. The number of aromatic amines is 1. The maximum absolute atomic E-state index is 12.5. The van der Waals surface area contributed by atoms with Gasteiger partial charge in [-0.05, 0) is 19.3 Å². The minimum absolute atomic E-state index is 0.0551. The number of hydrogen-bond acceptors (Lipinski definition) is 5. The molecule has 3 rings (SSSR count). The molecule has 0 spiro atoms. The molecule has 1 atom stereocenters. The van der Waals surface area contributed by atoms with Gasteiger partial charge in [0.25, 0.3) is 5.56 Å². The Kier molecular flexibility index (Phi) is 4.94. The molecule has 0 radical (unpaired) electrons. The highest BCUT2D eigenvalue weighted by atomic mass is 32.1. The van der Waals surface area contributed by atoms with Crippen molar-refractivity contribution >= 4 is 17.2 Å². The third kappa shape index (κ3) is 3.64. The molecule has 0 aliphatic carbocycles. The number of rotatable bonds is 4. The summed E-state index contributed by atoms with van der Waals surface area (Å²) in [5.74, 6) is 0.154. The first-order chi connectivity index (χ1) is 11.6. The molecule has 1 N–H and O–H groups in total. The molecule has 1 amide bonds. The third-order valence-electron chi connectivity index (χ3n) is 4.26. The second kappa shape index (κ2) is 7.12. The Morgan fingerprint density at radius 3 is 3.00 bits per heavy atom. The highest BCUT2D eigenvalue weighted by Gasteiger charge is 2.26. The average Bonchev–Trinajstić information content (AvgIpc) is 3.06. The number of hydrogen-bond donors (Lipinski definition) is 1. The molecule has 8 heteroatoms. The van der Waals surface area contributed by atoms with Crippen LogP contribution in [0.5, 0.6) is 0 Å².